The van der Waals surface area contributed by atoms with Gasteiger partial charge in [-0.2, -0.15) is 0 Å². The average Bonchev–Trinajstić information content (AvgIpc) is 3.18. The Hall–Kier alpha value is -8.56. The summed E-state index contributed by atoms with van der Waals surface area (Å²) in [5.74, 6) is -4.33. The summed E-state index contributed by atoms with van der Waals surface area (Å²) < 4.78 is 4.65. The van der Waals surface area contributed by atoms with Crippen molar-refractivity contribution >= 4 is 63.6 Å². The number of aliphatic hydroxyl groups excluding tert-OH is 1. The average molecular weight is 813 g/mol. The van der Waals surface area contributed by atoms with Gasteiger partial charge in [0.15, 0.2) is 17.3 Å². The minimum absolute atomic E-state index is 0. The van der Waals surface area contributed by atoms with Crippen LogP contribution in [0.15, 0.2) is 131 Å². The lowest BCUT2D eigenvalue weighted by molar-refractivity contribution is -0.146. The third kappa shape index (κ3) is 21.2. The molecule has 0 aliphatic rings. The number of hydrogen-bond donors (Lipinski definition) is 3. The number of halogens is 1. The summed E-state index contributed by atoms with van der Waals surface area (Å²) in [5.41, 5.74) is 33.5. The van der Waals surface area contributed by atoms with Crippen molar-refractivity contribution in [2.75, 3.05) is 12.3 Å². The summed E-state index contributed by atoms with van der Waals surface area (Å²) in [5, 5.41) is 27.9. The maximum atomic E-state index is 11.7. The fourth-order valence-electron chi connectivity index (χ4n) is 3.85. The van der Waals surface area contributed by atoms with Crippen LogP contribution in [0.1, 0.15) is 66.3 Å². The van der Waals surface area contributed by atoms with E-state index in [9.17, 15) is 33.9 Å². The lowest BCUT2D eigenvalue weighted by atomic mass is 10.1. The van der Waals surface area contributed by atoms with Crippen LogP contribution in [0, 0.1) is 0 Å². The van der Waals surface area contributed by atoms with Crippen molar-refractivity contribution in [3.05, 3.63) is 169 Å². The number of nitrogens with zero attached hydrogens (tertiary/aromatic N) is 9. The molecule has 4 aromatic carbocycles. The van der Waals surface area contributed by atoms with Crippen LogP contribution in [-0.2, 0) is 19.1 Å². The van der Waals surface area contributed by atoms with E-state index in [1.165, 1.54) is 44.2 Å². The molecule has 0 aromatic heterocycles. The summed E-state index contributed by atoms with van der Waals surface area (Å²) in [7, 11) is 0. The number of ether oxygens (including phenoxy) is 1. The van der Waals surface area contributed by atoms with Gasteiger partial charge in [-0.15, -0.1) is 0 Å². The number of hydrogen-bond acceptors (Lipinski definition) is 12. The summed E-state index contributed by atoms with van der Waals surface area (Å²) in [6.07, 6.45) is 2.76. The van der Waals surface area contributed by atoms with Crippen molar-refractivity contribution < 1.29 is 49.8 Å². The first-order chi connectivity index (χ1) is 27.1. The van der Waals surface area contributed by atoms with Gasteiger partial charge in [0.2, 0.25) is 0 Å². The zero-order valence-corrected chi connectivity index (χ0v) is 30.9. The second-order valence-corrected chi connectivity index (χ2v) is 10.6. The van der Waals surface area contributed by atoms with E-state index in [0.717, 1.165) is 12.2 Å². The van der Waals surface area contributed by atoms with Crippen LogP contribution in [0.2, 0.25) is 0 Å². The van der Waals surface area contributed by atoms with Crippen molar-refractivity contribution in [3.63, 3.8) is 0 Å². The molecule has 0 fully saturated rings. The van der Waals surface area contributed by atoms with Crippen molar-refractivity contribution in [1.29, 1.82) is 0 Å². The Bertz CT molecular complexity index is 2320. The maximum absolute atomic E-state index is 11.7. The number of benzene rings is 4. The van der Waals surface area contributed by atoms with Crippen LogP contribution in [0.5, 0.6) is 0 Å². The molecule has 0 spiro atoms. The number of carboxylic acids is 1. The molecular formula is C39H41FN10O9. The van der Waals surface area contributed by atoms with E-state index >= 15 is 0 Å². The van der Waals surface area contributed by atoms with Crippen LogP contribution < -0.4 is 5.73 Å². The van der Waals surface area contributed by atoms with Crippen molar-refractivity contribution in [2.45, 2.75) is 28.2 Å². The standard InChI is InChI=1S/C12H11N3O3.C10H7N3O4.C8H7N3O.C8H9NO.CH4.FH.H2/c1-2-18-12(17)7-6-11(16)9-4-3-5-10(8-9)14-15-13;11-13-12-7-3-1-2-6(4-7)8(14)5-9(15)10(16)17;1-6(12)7-3-2-4-8(5-7)10-11-9;1-6(10)7-3-2-4-8(9)5-7;;;/h3-8H,2H2,1H3;1-5,14H,(H,16,17);2-5H,1H3;2-5H,9H2,1H3;1H4;2*1H/b7-6+;;;;;;. The molecule has 0 radical (unpaired) electrons. The predicted molar refractivity (Wildman–Crippen MR) is 221 cm³/mol. The van der Waals surface area contributed by atoms with Gasteiger partial charge in [0.05, 0.1) is 6.61 Å². The van der Waals surface area contributed by atoms with Crippen molar-refractivity contribution in [2.24, 2.45) is 15.3 Å². The summed E-state index contributed by atoms with van der Waals surface area (Å²) >= 11 is 0. The molecule has 0 aliphatic carbocycles. The molecule has 20 heteroatoms. The van der Waals surface area contributed by atoms with E-state index in [1.807, 2.05) is 0 Å². The van der Waals surface area contributed by atoms with Gasteiger partial charge < -0.3 is 20.7 Å². The van der Waals surface area contributed by atoms with E-state index in [0.29, 0.717) is 39.8 Å². The van der Waals surface area contributed by atoms with Gasteiger partial charge in [-0.1, -0.05) is 89.5 Å². The van der Waals surface area contributed by atoms with Crippen LogP contribution in [0.25, 0.3) is 37.1 Å². The number of rotatable bonds is 12. The Balaban J connectivity index is -0.000000726. The molecule has 0 amide bonds. The highest BCUT2D eigenvalue weighted by Crippen LogP contribution is 2.19. The lowest BCUT2D eigenvalue weighted by Crippen LogP contribution is -2.09. The van der Waals surface area contributed by atoms with Gasteiger partial charge in [-0.3, -0.25) is 23.9 Å². The number of allylic oxidation sites excluding steroid dienone is 1. The number of nitrogens with two attached hydrogens (primary N) is 1. The highest BCUT2D eigenvalue weighted by atomic mass is 19.0. The normalized spacial score (nSPS) is 9.37. The molecule has 4 N–H and O–H groups in total. The second-order valence-electron chi connectivity index (χ2n) is 10.6. The van der Waals surface area contributed by atoms with Crippen LogP contribution in [-0.4, -0.2) is 51.9 Å². The Morgan fingerprint density at radius 1 is 0.678 bits per heavy atom. The van der Waals surface area contributed by atoms with E-state index in [-0.39, 0.29) is 48.8 Å². The topological polar surface area (TPSA) is 324 Å². The number of anilines is 1. The number of carboxylic acid groups (broad SMARTS) is 1. The first-order valence-corrected chi connectivity index (χ1v) is 16.1. The van der Waals surface area contributed by atoms with Gasteiger partial charge in [-0.25, -0.2) is 9.59 Å². The number of azide groups is 3. The van der Waals surface area contributed by atoms with Gasteiger partial charge in [-0.05, 0) is 73.8 Å². The summed E-state index contributed by atoms with van der Waals surface area (Å²) in [4.78, 5) is 73.2. The number of aliphatic carboxylic acids is 1. The predicted octanol–water partition coefficient (Wildman–Crippen LogP) is 10.4. The molecule has 0 unspecified atom stereocenters. The lowest BCUT2D eigenvalue weighted by Gasteiger charge is -2.00. The summed E-state index contributed by atoms with van der Waals surface area (Å²) in [6, 6.07) is 25.4. The Morgan fingerprint density at radius 2 is 1.08 bits per heavy atom. The molecule has 59 heavy (non-hydrogen) atoms. The van der Waals surface area contributed by atoms with E-state index < -0.39 is 23.5 Å². The third-order valence-electron chi connectivity index (χ3n) is 6.43. The molecule has 4 rings (SSSR count). The molecule has 0 saturated carbocycles. The molecule has 0 saturated heterocycles. The molecule has 0 atom stereocenters. The molecule has 0 aliphatic heterocycles. The van der Waals surface area contributed by atoms with Gasteiger partial charge >= 0.3 is 11.9 Å². The molecule has 0 heterocycles. The number of Topliss-reactive ketones (excluding diaryl/α,β-unsaturated/α-hetero) is 2. The van der Waals surface area contributed by atoms with Crippen LogP contribution in [0.3, 0.4) is 0 Å². The maximum Gasteiger partial charge on any atom is 0.376 e. The zero-order chi connectivity index (χ0) is 42.8. The number of carbonyl (C=O) groups excluding carboxylic acids is 5. The Morgan fingerprint density at radius 3 is 1.49 bits per heavy atom. The highest BCUT2D eigenvalue weighted by Gasteiger charge is 2.10. The Labute approximate surface area is 337 Å². The van der Waals surface area contributed by atoms with Gasteiger partial charge in [0, 0.05) is 73.3 Å². The van der Waals surface area contributed by atoms with Crippen molar-refractivity contribution in [3.8, 4) is 0 Å². The molecule has 19 nitrogen and oxygen atoms in total. The van der Waals surface area contributed by atoms with Gasteiger partial charge in [0.1, 0.15) is 5.76 Å². The molecule has 0 bridgehead atoms. The molecule has 4 aromatic rings. The number of esters is 1. The fraction of sp³-hybridized carbons (Fsp3) is 0.128. The fourth-order valence-corrected chi connectivity index (χ4v) is 3.85. The van der Waals surface area contributed by atoms with E-state index in [2.05, 4.69) is 34.8 Å². The Kier molecular flexibility index (Phi) is 25.7. The highest BCUT2D eigenvalue weighted by molar-refractivity contribution is 6.38. The minimum atomic E-state index is -1.66. The smallest absolute Gasteiger partial charge is 0.376 e. The first-order valence-electron chi connectivity index (χ1n) is 16.1. The van der Waals surface area contributed by atoms with Gasteiger partial charge in [0.25, 0.3) is 5.78 Å². The summed E-state index contributed by atoms with van der Waals surface area (Å²) in [6.45, 7) is 4.92. The van der Waals surface area contributed by atoms with E-state index in [1.54, 1.807) is 73.7 Å². The number of aliphatic hydroxyl groups is 1. The van der Waals surface area contributed by atoms with Crippen LogP contribution >= 0.6 is 0 Å². The van der Waals surface area contributed by atoms with E-state index in [4.69, 9.17) is 27.4 Å². The van der Waals surface area contributed by atoms with Crippen molar-refractivity contribution in [1.82, 2.24) is 0 Å². The number of carbonyl (C=O) groups is 6. The zero-order valence-electron chi connectivity index (χ0n) is 30.9. The number of ketones is 4. The third-order valence-corrected chi connectivity index (χ3v) is 6.43. The molecule has 308 valence electrons. The number of nitrogen functional groups attached to an aromatic ring is 1. The molecular weight excluding hydrogens is 771 g/mol. The second kappa shape index (κ2) is 28.8. The quantitative estimate of drug-likeness (QED) is 0.0140. The minimum Gasteiger partial charge on any atom is -0.507 e. The van der Waals surface area contributed by atoms with Crippen LogP contribution in [0.4, 0.5) is 27.5 Å². The SMILES string of the molecule is C.CC(=O)c1cccc(N)c1.CC(=O)c1cccc(N=[N+]=[N-])c1.CCOC(=O)/C=C/C(=O)c1cccc(N=[N+]=[N-])c1.F.[HH].[N-]=[N+]=Nc1cccc(C(O)=CC(=O)C(=O)O)c1. The monoisotopic (exact) mass is 812 g/mol. The largest absolute Gasteiger partial charge is 0.507 e. The first kappa shape index (κ1) is 52.5.